The van der Waals surface area contributed by atoms with E-state index in [1.165, 1.54) is 0 Å². The molecule has 17 atom stereocenters. The Labute approximate surface area is 274 Å². The zero-order chi connectivity index (χ0) is 33.9. The van der Waals surface area contributed by atoms with Gasteiger partial charge in [-0.3, -0.25) is 14.4 Å². The molecule has 12 heteroatoms. The number of fused-ring (bicyclic) bond motifs is 6. The quantitative estimate of drug-likeness (QED) is 0.168. The molecule has 17 unspecified atom stereocenters. The first-order chi connectivity index (χ1) is 21.9. The summed E-state index contributed by atoms with van der Waals surface area (Å²) in [6.45, 7) is 10.0. The molecule has 8 rings (SSSR count). The average Bonchev–Trinajstić information content (AvgIpc) is 3.76. The van der Waals surface area contributed by atoms with Crippen LogP contribution in [0.1, 0.15) is 92.4 Å². The number of carbonyl (C=O) groups is 3. The van der Waals surface area contributed by atoms with Gasteiger partial charge in [0.1, 0.15) is 24.4 Å². The summed E-state index contributed by atoms with van der Waals surface area (Å²) in [6, 6.07) is 0. The molecule has 5 saturated carbocycles. The molecule has 5 N–H and O–H groups in total. The van der Waals surface area contributed by atoms with Gasteiger partial charge in [0.25, 0.3) is 0 Å². The van der Waals surface area contributed by atoms with Crippen LogP contribution >= 0.6 is 0 Å². The summed E-state index contributed by atoms with van der Waals surface area (Å²) < 4.78 is 25.2. The number of aliphatic hydroxyl groups is 3. The first-order valence-electron chi connectivity index (χ1n) is 17.5. The van der Waals surface area contributed by atoms with Crippen molar-refractivity contribution in [3.8, 4) is 0 Å². The van der Waals surface area contributed by atoms with Crippen molar-refractivity contribution >= 4 is 17.9 Å². The van der Waals surface area contributed by atoms with Crippen LogP contribution in [0.2, 0.25) is 0 Å². The first kappa shape index (κ1) is 32.4. The SMILES string of the molecule is CC1(C(=O)O)CCC23CCC4(C)C5(C)CCC6C(C)(CCC(OC7OCC(O)C(O)C7O)C6(C)C(=O)O)C5C5OC5C4(OC2=O)C3C1. The van der Waals surface area contributed by atoms with Crippen molar-refractivity contribution in [2.45, 2.75) is 141 Å². The van der Waals surface area contributed by atoms with Crippen molar-refractivity contribution in [2.24, 2.45) is 50.2 Å². The summed E-state index contributed by atoms with van der Waals surface area (Å²) in [7, 11) is 0. The minimum Gasteiger partial charge on any atom is -0.481 e. The molecule has 0 aromatic heterocycles. The van der Waals surface area contributed by atoms with Gasteiger partial charge in [-0.2, -0.15) is 0 Å². The standard InChI is InChI=1S/C35H50O12/c1-29(26(39)40)10-12-34-13-11-32(4)31(3)9-6-17-30(2,23(31)22-24(46-22)35(32,18(34)14-29)47-28(34)43)8-7-19(33(17,5)27(41)42)45-25-21(38)20(37)16(36)15-44-25/h16-25,36-38H,6-15H2,1-5H3,(H,39,40)(H,41,42). The average molecular weight is 663 g/mol. The Morgan fingerprint density at radius 3 is 2.23 bits per heavy atom. The lowest BCUT2D eigenvalue weighted by molar-refractivity contribution is -0.314. The molecule has 8 fully saturated rings. The Balaban J connectivity index is 1.16. The molecule has 0 amide bonds. The molecular weight excluding hydrogens is 612 g/mol. The van der Waals surface area contributed by atoms with Gasteiger partial charge in [0.2, 0.25) is 0 Å². The van der Waals surface area contributed by atoms with E-state index in [9.17, 15) is 39.9 Å². The maximum atomic E-state index is 14.0. The lowest BCUT2D eigenvalue weighted by atomic mass is 9.30. The number of rotatable bonds is 4. The number of esters is 1. The smallest absolute Gasteiger partial charge is 0.313 e. The van der Waals surface area contributed by atoms with Crippen LogP contribution in [0.25, 0.3) is 0 Å². The second-order valence-electron chi connectivity index (χ2n) is 17.8. The summed E-state index contributed by atoms with van der Waals surface area (Å²) in [5.41, 5.74) is -5.32. The van der Waals surface area contributed by atoms with Gasteiger partial charge in [-0.1, -0.05) is 20.8 Å². The molecule has 8 aliphatic rings. The number of carboxylic acid groups (broad SMARTS) is 2. The third kappa shape index (κ3) is 3.53. The third-order valence-electron chi connectivity index (χ3n) is 16.3. The number of carboxylic acids is 2. The van der Waals surface area contributed by atoms with Crippen molar-refractivity contribution in [3.05, 3.63) is 0 Å². The van der Waals surface area contributed by atoms with E-state index in [0.29, 0.717) is 51.4 Å². The van der Waals surface area contributed by atoms with Crippen molar-refractivity contribution in [3.63, 3.8) is 0 Å². The van der Waals surface area contributed by atoms with Gasteiger partial charge in [0.15, 0.2) is 11.9 Å². The van der Waals surface area contributed by atoms with Crippen LogP contribution in [0.15, 0.2) is 0 Å². The lowest BCUT2D eigenvalue weighted by Crippen LogP contribution is -2.75. The van der Waals surface area contributed by atoms with Gasteiger partial charge in [-0.15, -0.1) is 0 Å². The zero-order valence-electron chi connectivity index (χ0n) is 27.9. The number of epoxide rings is 1. The Kier molecular flexibility index (Phi) is 6.53. The molecule has 3 saturated heterocycles. The Morgan fingerprint density at radius 1 is 0.851 bits per heavy atom. The maximum absolute atomic E-state index is 14.0. The monoisotopic (exact) mass is 662 g/mol. The lowest BCUT2D eigenvalue weighted by Gasteiger charge is -2.72. The Morgan fingerprint density at radius 2 is 1.55 bits per heavy atom. The predicted octanol–water partition coefficient (Wildman–Crippen LogP) is 2.49. The molecule has 12 nitrogen and oxygen atoms in total. The number of hydrogen-bond donors (Lipinski definition) is 5. The zero-order valence-corrected chi connectivity index (χ0v) is 27.9. The number of ether oxygens (including phenoxy) is 4. The molecular formula is C35H50O12. The fraction of sp³-hybridized carbons (Fsp3) is 0.914. The summed E-state index contributed by atoms with van der Waals surface area (Å²) in [5.74, 6) is -2.66. The van der Waals surface area contributed by atoms with Gasteiger partial charge in [-0.05, 0) is 94.3 Å². The first-order valence-corrected chi connectivity index (χ1v) is 17.5. The Bertz CT molecular complexity index is 1420. The minimum absolute atomic E-state index is 0.0382. The maximum Gasteiger partial charge on any atom is 0.313 e. The number of carbonyl (C=O) groups excluding carboxylic acids is 1. The predicted molar refractivity (Wildman–Crippen MR) is 160 cm³/mol. The summed E-state index contributed by atoms with van der Waals surface area (Å²) >= 11 is 0. The van der Waals surface area contributed by atoms with Crippen LogP contribution in [-0.2, 0) is 33.3 Å². The fourth-order valence-corrected chi connectivity index (χ4v) is 13.4. The van der Waals surface area contributed by atoms with E-state index in [4.69, 9.17) is 18.9 Å². The highest BCUT2D eigenvalue weighted by molar-refractivity contribution is 5.84. The van der Waals surface area contributed by atoms with E-state index >= 15 is 0 Å². The van der Waals surface area contributed by atoms with E-state index in [1.807, 2.05) is 0 Å². The normalized spacial score (nSPS) is 60.6. The van der Waals surface area contributed by atoms with E-state index in [1.54, 1.807) is 13.8 Å². The van der Waals surface area contributed by atoms with Crippen LogP contribution < -0.4 is 0 Å². The minimum atomic E-state index is -1.52. The van der Waals surface area contributed by atoms with Crippen LogP contribution in [0, 0.1) is 50.2 Å². The molecule has 47 heavy (non-hydrogen) atoms. The molecule has 1 spiro atoms. The van der Waals surface area contributed by atoms with E-state index in [2.05, 4.69) is 20.8 Å². The number of hydrogen-bond acceptors (Lipinski definition) is 10. The summed E-state index contributed by atoms with van der Waals surface area (Å²) in [4.78, 5) is 39.9. The van der Waals surface area contributed by atoms with Crippen LogP contribution in [0.5, 0.6) is 0 Å². The topological polar surface area (TPSA) is 193 Å². The second-order valence-corrected chi connectivity index (χ2v) is 17.8. The summed E-state index contributed by atoms with van der Waals surface area (Å²) in [6.07, 6.45) is -1.97. The molecule has 0 radical (unpaired) electrons. The van der Waals surface area contributed by atoms with Crippen LogP contribution in [0.3, 0.4) is 0 Å². The molecule has 5 aliphatic carbocycles. The third-order valence-corrected chi connectivity index (χ3v) is 16.3. The van der Waals surface area contributed by atoms with Crippen molar-refractivity contribution in [1.82, 2.24) is 0 Å². The van der Waals surface area contributed by atoms with E-state index < -0.39 is 75.3 Å². The fourth-order valence-electron chi connectivity index (χ4n) is 13.4. The van der Waals surface area contributed by atoms with E-state index in [-0.39, 0.29) is 48.0 Å². The number of aliphatic hydroxyl groups excluding tert-OH is 3. The van der Waals surface area contributed by atoms with Crippen molar-refractivity contribution in [1.29, 1.82) is 0 Å². The van der Waals surface area contributed by atoms with Gasteiger partial charge < -0.3 is 44.5 Å². The largest absolute Gasteiger partial charge is 0.481 e. The van der Waals surface area contributed by atoms with Crippen LogP contribution in [-0.4, -0.2) is 98.6 Å². The van der Waals surface area contributed by atoms with Gasteiger partial charge in [-0.25, -0.2) is 0 Å². The highest BCUT2D eigenvalue weighted by Crippen LogP contribution is 2.83. The van der Waals surface area contributed by atoms with Crippen molar-refractivity contribution in [2.75, 3.05) is 6.61 Å². The van der Waals surface area contributed by atoms with Gasteiger partial charge in [0.05, 0.1) is 35.1 Å². The van der Waals surface area contributed by atoms with Crippen LogP contribution in [0.4, 0.5) is 0 Å². The molecule has 0 aromatic rings. The molecule has 3 aliphatic heterocycles. The second kappa shape index (κ2) is 9.48. The molecule has 3 heterocycles. The molecule has 2 bridgehead atoms. The Hall–Kier alpha value is -1.83. The number of aliphatic carboxylic acids is 2. The highest BCUT2D eigenvalue weighted by Gasteiger charge is 2.89. The molecule has 262 valence electrons. The highest BCUT2D eigenvalue weighted by atomic mass is 16.7. The van der Waals surface area contributed by atoms with Crippen molar-refractivity contribution < 1.29 is 58.9 Å². The van der Waals surface area contributed by atoms with Gasteiger partial charge in [0, 0.05) is 11.3 Å². The molecule has 0 aromatic carbocycles. The van der Waals surface area contributed by atoms with Gasteiger partial charge >= 0.3 is 17.9 Å². The van der Waals surface area contributed by atoms with E-state index in [0.717, 1.165) is 6.42 Å². The summed E-state index contributed by atoms with van der Waals surface area (Å²) in [5, 5.41) is 52.0.